The molecule has 1 aromatic carbocycles. The summed E-state index contributed by atoms with van der Waals surface area (Å²) in [7, 11) is 1.54. The number of hydrogen-bond acceptors (Lipinski definition) is 4. The second-order valence-corrected chi connectivity index (χ2v) is 4.73. The Morgan fingerprint density at radius 2 is 1.95 bits per heavy atom. The Labute approximate surface area is 121 Å². The molecule has 2 heterocycles. The lowest BCUT2D eigenvalue weighted by atomic mass is 10.1. The van der Waals surface area contributed by atoms with Gasteiger partial charge in [0.15, 0.2) is 5.65 Å². The number of anilines is 1. The van der Waals surface area contributed by atoms with Gasteiger partial charge in [-0.05, 0) is 19.1 Å². The zero-order valence-corrected chi connectivity index (χ0v) is 11.7. The van der Waals surface area contributed by atoms with Crippen molar-refractivity contribution in [3.63, 3.8) is 0 Å². The molecule has 2 N–H and O–H groups in total. The molecule has 0 fully saturated rings. The summed E-state index contributed by atoms with van der Waals surface area (Å²) in [6, 6.07) is 9.77. The van der Waals surface area contributed by atoms with Crippen molar-refractivity contribution >= 4 is 17.1 Å². The number of fused-ring (bicyclic) bond motifs is 1. The minimum absolute atomic E-state index is 0.283. The molecular weight excluding hydrogens is 271 g/mol. The van der Waals surface area contributed by atoms with Gasteiger partial charge < -0.3 is 10.5 Å². The summed E-state index contributed by atoms with van der Waals surface area (Å²) in [5.41, 5.74) is 7.74. The fourth-order valence-electron chi connectivity index (χ4n) is 2.42. The number of ether oxygens (including phenoxy) is 1. The Balaban J connectivity index is 2.19. The number of rotatable bonds is 3. The van der Waals surface area contributed by atoms with E-state index in [2.05, 4.69) is 9.97 Å². The van der Waals surface area contributed by atoms with Crippen molar-refractivity contribution in [1.29, 1.82) is 0 Å². The highest BCUT2D eigenvalue weighted by Crippen LogP contribution is 2.28. The lowest BCUT2D eigenvalue weighted by molar-refractivity contribution is 0.398. The monoisotopic (exact) mass is 286 g/mol. The van der Waals surface area contributed by atoms with Crippen molar-refractivity contribution in [3.8, 4) is 5.88 Å². The lowest BCUT2D eigenvalue weighted by Gasteiger charge is -2.16. The maximum Gasteiger partial charge on any atom is 0.215 e. The SMILES string of the molecule is COc1ccc2nc(N)n(C(C)c3ccccc3F)c2n1. The second-order valence-electron chi connectivity index (χ2n) is 4.73. The molecule has 1 atom stereocenters. The van der Waals surface area contributed by atoms with Crippen molar-refractivity contribution in [3.05, 3.63) is 47.8 Å². The van der Waals surface area contributed by atoms with Gasteiger partial charge in [0.2, 0.25) is 11.8 Å². The Bertz CT molecular complexity index is 799. The molecule has 0 saturated heterocycles. The van der Waals surface area contributed by atoms with Gasteiger partial charge in [-0.1, -0.05) is 18.2 Å². The Morgan fingerprint density at radius 1 is 1.19 bits per heavy atom. The van der Waals surface area contributed by atoms with E-state index in [9.17, 15) is 4.39 Å². The maximum absolute atomic E-state index is 14.0. The molecule has 5 nitrogen and oxygen atoms in total. The van der Waals surface area contributed by atoms with Gasteiger partial charge in [0, 0.05) is 11.6 Å². The molecule has 3 aromatic rings. The third kappa shape index (κ3) is 2.18. The Morgan fingerprint density at radius 3 is 2.67 bits per heavy atom. The first-order valence-electron chi connectivity index (χ1n) is 6.54. The van der Waals surface area contributed by atoms with Gasteiger partial charge >= 0.3 is 0 Å². The van der Waals surface area contributed by atoms with E-state index in [1.54, 1.807) is 42.0 Å². The molecule has 0 radical (unpaired) electrons. The molecule has 2 aromatic heterocycles. The number of nitrogens with zero attached hydrogens (tertiary/aromatic N) is 3. The smallest absolute Gasteiger partial charge is 0.215 e. The molecule has 3 rings (SSSR count). The third-order valence-corrected chi connectivity index (χ3v) is 3.49. The van der Waals surface area contributed by atoms with E-state index in [1.807, 2.05) is 6.92 Å². The van der Waals surface area contributed by atoms with E-state index in [1.165, 1.54) is 6.07 Å². The first-order valence-corrected chi connectivity index (χ1v) is 6.54. The number of benzene rings is 1. The van der Waals surface area contributed by atoms with Crippen LogP contribution in [-0.2, 0) is 0 Å². The predicted molar refractivity (Wildman–Crippen MR) is 78.7 cm³/mol. The average molecular weight is 286 g/mol. The minimum atomic E-state index is -0.323. The van der Waals surface area contributed by atoms with Crippen LogP contribution in [0.3, 0.4) is 0 Å². The van der Waals surface area contributed by atoms with Crippen LogP contribution >= 0.6 is 0 Å². The van der Waals surface area contributed by atoms with Crippen LogP contribution in [0, 0.1) is 5.82 Å². The van der Waals surface area contributed by atoms with E-state index in [-0.39, 0.29) is 11.9 Å². The van der Waals surface area contributed by atoms with Crippen LogP contribution in [0.1, 0.15) is 18.5 Å². The van der Waals surface area contributed by atoms with Crippen LogP contribution in [-0.4, -0.2) is 21.6 Å². The lowest BCUT2D eigenvalue weighted by Crippen LogP contribution is -2.12. The number of hydrogen-bond donors (Lipinski definition) is 1. The van der Waals surface area contributed by atoms with Crippen molar-refractivity contribution in [2.24, 2.45) is 0 Å². The molecule has 0 bridgehead atoms. The van der Waals surface area contributed by atoms with Crippen molar-refractivity contribution in [1.82, 2.24) is 14.5 Å². The number of imidazole rings is 1. The normalized spacial score (nSPS) is 12.5. The fraction of sp³-hybridized carbons (Fsp3) is 0.200. The molecule has 6 heteroatoms. The zero-order valence-electron chi connectivity index (χ0n) is 11.7. The van der Waals surface area contributed by atoms with Crippen LogP contribution in [0.25, 0.3) is 11.2 Å². The number of methoxy groups -OCH3 is 1. The predicted octanol–water partition coefficient (Wildman–Crippen LogP) is 2.77. The van der Waals surface area contributed by atoms with Crippen LogP contribution in [0.2, 0.25) is 0 Å². The minimum Gasteiger partial charge on any atom is -0.481 e. The third-order valence-electron chi connectivity index (χ3n) is 3.49. The number of nitrogens with two attached hydrogens (primary N) is 1. The van der Waals surface area contributed by atoms with Crippen LogP contribution in [0.5, 0.6) is 5.88 Å². The van der Waals surface area contributed by atoms with Crippen LogP contribution < -0.4 is 10.5 Å². The maximum atomic E-state index is 14.0. The summed E-state index contributed by atoms with van der Waals surface area (Å²) in [5.74, 6) is 0.472. The summed E-state index contributed by atoms with van der Waals surface area (Å²) in [6.07, 6.45) is 0. The molecular formula is C15H15FN4O. The van der Waals surface area contributed by atoms with Gasteiger partial charge in [-0.3, -0.25) is 4.57 Å². The van der Waals surface area contributed by atoms with E-state index >= 15 is 0 Å². The van der Waals surface area contributed by atoms with E-state index < -0.39 is 0 Å². The fourth-order valence-corrected chi connectivity index (χ4v) is 2.42. The quantitative estimate of drug-likeness (QED) is 0.804. The van der Waals surface area contributed by atoms with Crippen molar-refractivity contribution in [2.75, 3.05) is 12.8 Å². The Kier molecular flexibility index (Phi) is 3.21. The second kappa shape index (κ2) is 5.05. The van der Waals surface area contributed by atoms with E-state index in [0.717, 1.165) is 0 Å². The molecule has 108 valence electrons. The molecule has 0 aliphatic rings. The van der Waals surface area contributed by atoms with Crippen LogP contribution in [0.15, 0.2) is 36.4 Å². The molecule has 0 aliphatic carbocycles. The highest BCUT2D eigenvalue weighted by Gasteiger charge is 2.19. The molecule has 0 saturated carbocycles. The Hall–Kier alpha value is -2.63. The van der Waals surface area contributed by atoms with E-state index in [4.69, 9.17) is 10.5 Å². The van der Waals surface area contributed by atoms with Crippen molar-refractivity contribution < 1.29 is 9.13 Å². The first kappa shape index (κ1) is 13.4. The zero-order chi connectivity index (χ0) is 15.0. The summed E-state index contributed by atoms with van der Waals surface area (Å²) < 4.78 is 20.8. The average Bonchev–Trinajstić information content (AvgIpc) is 2.81. The highest BCUT2D eigenvalue weighted by molar-refractivity contribution is 5.75. The summed E-state index contributed by atoms with van der Waals surface area (Å²) in [5, 5.41) is 0. The van der Waals surface area contributed by atoms with Gasteiger partial charge in [0.05, 0.1) is 13.2 Å². The van der Waals surface area contributed by atoms with Gasteiger partial charge in [-0.25, -0.2) is 9.37 Å². The largest absolute Gasteiger partial charge is 0.481 e. The molecule has 1 unspecified atom stereocenters. The first-order chi connectivity index (χ1) is 10.1. The summed E-state index contributed by atoms with van der Waals surface area (Å²) >= 11 is 0. The van der Waals surface area contributed by atoms with E-state index in [0.29, 0.717) is 28.6 Å². The van der Waals surface area contributed by atoms with Gasteiger partial charge in [0.1, 0.15) is 11.3 Å². The van der Waals surface area contributed by atoms with Gasteiger partial charge in [-0.2, -0.15) is 4.98 Å². The number of pyridine rings is 1. The van der Waals surface area contributed by atoms with Crippen molar-refractivity contribution in [2.45, 2.75) is 13.0 Å². The van der Waals surface area contributed by atoms with Gasteiger partial charge in [0.25, 0.3) is 0 Å². The topological polar surface area (TPSA) is 66.0 Å². The molecule has 0 spiro atoms. The van der Waals surface area contributed by atoms with Gasteiger partial charge in [-0.15, -0.1) is 0 Å². The summed E-state index contributed by atoms with van der Waals surface area (Å²) in [6.45, 7) is 1.86. The molecule has 21 heavy (non-hydrogen) atoms. The summed E-state index contributed by atoms with van der Waals surface area (Å²) in [4.78, 5) is 8.63. The molecule has 0 aliphatic heterocycles. The standard InChI is InChI=1S/C15H15FN4O/c1-9(10-5-3-4-6-11(10)16)20-14-12(18-15(20)17)7-8-13(19-14)21-2/h3-9H,1-2H3,(H2,17,18). The number of aromatic nitrogens is 3. The number of halogens is 1. The van der Waals surface area contributed by atoms with Crippen LogP contribution in [0.4, 0.5) is 10.3 Å². The highest BCUT2D eigenvalue weighted by atomic mass is 19.1. The molecule has 0 amide bonds. The number of nitrogen functional groups attached to an aromatic ring is 1.